The normalized spacial score (nSPS) is 20.2. The first-order chi connectivity index (χ1) is 16.1. The number of urea groups is 1. The third-order valence-corrected chi connectivity index (χ3v) is 6.55. The number of nitrogens with zero attached hydrogens (tertiary/aromatic N) is 4. The van der Waals surface area contributed by atoms with Gasteiger partial charge in [0.1, 0.15) is 5.82 Å². The lowest BCUT2D eigenvalue weighted by Gasteiger charge is -2.41. The number of fused-ring (bicyclic) bond motifs is 3. The van der Waals surface area contributed by atoms with Gasteiger partial charge in [-0.1, -0.05) is 0 Å². The van der Waals surface area contributed by atoms with E-state index in [-0.39, 0.29) is 18.0 Å². The van der Waals surface area contributed by atoms with E-state index in [1.807, 2.05) is 36.1 Å². The maximum atomic E-state index is 12.6. The number of amides is 3. The van der Waals surface area contributed by atoms with Gasteiger partial charge in [-0.25, -0.2) is 14.8 Å². The van der Waals surface area contributed by atoms with Gasteiger partial charge in [-0.3, -0.25) is 4.79 Å². The lowest BCUT2D eigenvalue weighted by Crippen LogP contribution is -2.44. The minimum absolute atomic E-state index is 0.0234. The summed E-state index contributed by atoms with van der Waals surface area (Å²) in [5.41, 5.74) is 3.75. The fourth-order valence-electron chi connectivity index (χ4n) is 4.93. The molecule has 5 rings (SSSR count). The van der Waals surface area contributed by atoms with Crippen molar-refractivity contribution in [1.82, 2.24) is 20.2 Å². The van der Waals surface area contributed by atoms with Crippen LogP contribution in [0.2, 0.25) is 0 Å². The highest BCUT2D eigenvalue weighted by Crippen LogP contribution is 2.40. The van der Waals surface area contributed by atoms with Crippen molar-refractivity contribution in [3.8, 4) is 11.4 Å². The molecule has 9 heteroatoms. The van der Waals surface area contributed by atoms with Crippen molar-refractivity contribution in [2.24, 2.45) is 0 Å². The first kappa shape index (κ1) is 21.6. The number of benzene rings is 1. The quantitative estimate of drug-likeness (QED) is 0.743. The zero-order valence-electron chi connectivity index (χ0n) is 19.0. The van der Waals surface area contributed by atoms with E-state index in [0.717, 1.165) is 56.0 Å². The fourth-order valence-corrected chi connectivity index (χ4v) is 4.93. The predicted octanol–water partition coefficient (Wildman–Crippen LogP) is 2.73. The molecule has 2 N–H and O–H groups in total. The second kappa shape index (κ2) is 9.35. The smallest absolute Gasteiger partial charge is 0.319 e. The van der Waals surface area contributed by atoms with Gasteiger partial charge in [-0.2, -0.15) is 0 Å². The van der Waals surface area contributed by atoms with Crippen LogP contribution in [0.4, 0.5) is 16.3 Å². The van der Waals surface area contributed by atoms with Crippen LogP contribution in [0.25, 0.3) is 11.4 Å². The minimum Gasteiger partial charge on any atom is -0.378 e. The molecule has 0 saturated carbocycles. The lowest BCUT2D eigenvalue weighted by atomic mass is 9.90. The maximum absolute atomic E-state index is 12.6. The highest BCUT2D eigenvalue weighted by atomic mass is 16.5. The Bertz CT molecular complexity index is 1040. The molecule has 33 heavy (non-hydrogen) atoms. The molecule has 3 aliphatic rings. The van der Waals surface area contributed by atoms with Gasteiger partial charge in [0.2, 0.25) is 5.91 Å². The first-order valence-electron chi connectivity index (χ1n) is 11.8. The number of carbonyl (C=O) groups excluding carboxylic acids is 2. The molecule has 0 bridgehead atoms. The summed E-state index contributed by atoms with van der Waals surface area (Å²) in [4.78, 5) is 38.7. The van der Waals surface area contributed by atoms with Crippen molar-refractivity contribution in [3.63, 3.8) is 0 Å². The van der Waals surface area contributed by atoms with Gasteiger partial charge in [0.15, 0.2) is 5.82 Å². The molecule has 1 aromatic heterocycles. The van der Waals surface area contributed by atoms with Gasteiger partial charge in [-0.05, 0) is 50.5 Å². The summed E-state index contributed by atoms with van der Waals surface area (Å²) in [5.74, 6) is 1.85. The zero-order chi connectivity index (χ0) is 22.8. The number of rotatable bonds is 4. The van der Waals surface area contributed by atoms with Crippen LogP contribution in [-0.2, 0) is 16.0 Å². The van der Waals surface area contributed by atoms with Crippen molar-refractivity contribution in [1.29, 1.82) is 0 Å². The molecule has 0 unspecified atom stereocenters. The van der Waals surface area contributed by atoms with Crippen LogP contribution in [0.1, 0.15) is 43.5 Å². The molecule has 4 heterocycles. The summed E-state index contributed by atoms with van der Waals surface area (Å²) in [6.07, 6.45) is 3.24. The third kappa shape index (κ3) is 4.37. The van der Waals surface area contributed by atoms with Gasteiger partial charge in [-0.15, -0.1) is 0 Å². The number of morpholine rings is 1. The van der Waals surface area contributed by atoms with E-state index in [2.05, 4.69) is 15.5 Å². The van der Waals surface area contributed by atoms with Crippen LogP contribution < -0.4 is 15.5 Å². The summed E-state index contributed by atoms with van der Waals surface area (Å²) in [7, 11) is 0. The molecule has 0 radical (unpaired) electrons. The SMILES string of the molecule is CCNC(=O)Nc1ccc(-c2nc3c(c(N4CCOCC4)n2)CCN2C(=O)CCC[C@H]32)cc1. The van der Waals surface area contributed by atoms with Crippen LogP contribution >= 0.6 is 0 Å². The maximum Gasteiger partial charge on any atom is 0.319 e. The Labute approximate surface area is 193 Å². The molecule has 174 valence electrons. The highest BCUT2D eigenvalue weighted by molar-refractivity contribution is 5.89. The molecule has 9 nitrogen and oxygen atoms in total. The number of piperidine rings is 1. The molecule has 3 amide bonds. The van der Waals surface area contributed by atoms with Crippen LogP contribution in [0.15, 0.2) is 24.3 Å². The standard InChI is InChI=1S/C24H30N6O3/c1-2-25-24(32)26-17-8-6-16(7-9-17)22-27-21-18(23(28-22)29-12-14-33-15-13-29)10-11-30-19(21)4-3-5-20(30)31/h6-9,19H,2-5,10-15H2,1H3,(H2,25,26,32)/t19-/m1/s1. The van der Waals surface area contributed by atoms with E-state index in [1.54, 1.807) is 0 Å². The first-order valence-corrected chi connectivity index (χ1v) is 11.8. The van der Waals surface area contributed by atoms with Crippen LogP contribution in [0.5, 0.6) is 0 Å². The summed E-state index contributed by atoms with van der Waals surface area (Å²) in [6.45, 7) is 6.14. The van der Waals surface area contributed by atoms with E-state index >= 15 is 0 Å². The fraction of sp³-hybridized carbons (Fsp3) is 0.500. The predicted molar refractivity (Wildman–Crippen MR) is 125 cm³/mol. The van der Waals surface area contributed by atoms with Crippen molar-refractivity contribution in [2.45, 2.75) is 38.6 Å². The highest BCUT2D eigenvalue weighted by Gasteiger charge is 2.37. The average molecular weight is 451 g/mol. The Balaban J connectivity index is 1.52. The summed E-state index contributed by atoms with van der Waals surface area (Å²) < 4.78 is 5.56. The average Bonchev–Trinajstić information content (AvgIpc) is 2.84. The van der Waals surface area contributed by atoms with E-state index in [0.29, 0.717) is 37.7 Å². The van der Waals surface area contributed by atoms with Crippen LogP contribution in [0, 0.1) is 0 Å². The molecular weight excluding hydrogens is 420 g/mol. The van der Waals surface area contributed by atoms with E-state index in [4.69, 9.17) is 14.7 Å². The summed E-state index contributed by atoms with van der Waals surface area (Å²) >= 11 is 0. The molecule has 0 aliphatic carbocycles. The van der Waals surface area contributed by atoms with E-state index in [9.17, 15) is 9.59 Å². The molecular formula is C24H30N6O3. The molecule has 1 aromatic carbocycles. The molecule has 3 aliphatic heterocycles. The Morgan fingerprint density at radius 2 is 1.91 bits per heavy atom. The number of nitrogens with one attached hydrogen (secondary N) is 2. The Morgan fingerprint density at radius 3 is 2.67 bits per heavy atom. The molecule has 1 atom stereocenters. The minimum atomic E-state index is -0.230. The van der Waals surface area contributed by atoms with Crippen molar-refractivity contribution >= 4 is 23.4 Å². The van der Waals surface area contributed by atoms with Crippen molar-refractivity contribution < 1.29 is 14.3 Å². The largest absolute Gasteiger partial charge is 0.378 e. The van der Waals surface area contributed by atoms with Crippen molar-refractivity contribution in [3.05, 3.63) is 35.5 Å². The Kier molecular flexibility index (Phi) is 6.13. The summed E-state index contributed by atoms with van der Waals surface area (Å²) in [5, 5.41) is 5.55. The van der Waals surface area contributed by atoms with Gasteiger partial charge in [0, 0.05) is 49.4 Å². The number of hydrogen-bond donors (Lipinski definition) is 2. The molecule has 0 spiro atoms. The lowest BCUT2D eigenvalue weighted by molar-refractivity contribution is -0.137. The van der Waals surface area contributed by atoms with Crippen LogP contribution in [-0.4, -0.2) is 66.2 Å². The van der Waals surface area contributed by atoms with Crippen molar-refractivity contribution in [2.75, 3.05) is 49.6 Å². The molecule has 2 fully saturated rings. The second-order valence-electron chi connectivity index (χ2n) is 8.64. The number of ether oxygens (including phenoxy) is 1. The summed E-state index contributed by atoms with van der Waals surface area (Å²) in [6, 6.07) is 7.37. The third-order valence-electron chi connectivity index (χ3n) is 6.55. The second-order valence-corrected chi connectivity index (χ2v) is 8.64. The number of anilines is 2. The molecule has 2 saturated heterocycles. The number of aromatic nitrogens is 2. The van der Waals surface area contributed by atoms with E-state index in [1.165, 1.54) is 5.56 Å². The zero-order valence-corrected chi connectivity index (χ0v) is 19.0. The van der Waals surface area contributed by atoms with Gasteiger partial charge in [0.05, 0.1) is 24.9 Å². The van der Waals surface area contributed by atoms with Gasteiger partial charge >= 0.3 is 6.03 Å². The molecule has 2 aromatic rings. The van der Waals surface area contributed by atoms with Gasteiger partial charge in [0.25, 0.3) is 0 Å². The number of hydrogen-bond acceptors (Lipinski definition) is 6. The van der Waals surface area contributed by atoms with Gasteiger partial charge < -0.3 is 25.2 Å². The number of carbonyl (C=O) groups is 2. The monoisotopic (exact) mass is 450 g/mol. The van der Waals surface area contributed by atoms with Crippen LogP contribution in [0.3, 0.4) is 0 Å². The van der Waals surface area contributed by atoms with E-state index < -0.39 is 0 Å². The Morgan fingerprint density at radius 1 is 1.12 bits per heavy atom. The Hall–Kier alpha value is -3.20. The topological polar surface area (TPSA) is 99.7 Å².